The van der Waals surface area contributed by atoms with Crippen molar-refractivity contribution in [1.29, 1.82) is 0 Å². The third kappa shape index (κ3) is 4.14. The lowest BCUT2D eigenvalue weighted by atomic mass is 9.92. The molecule has 0 spiro atoms. The molecule has 1 atom stereocenters. The molecule has 0 aliphatic carbocycles. The summed E-state index contributed by atoms with van der Waals surface area (Å²) >= 11 is 0. The number of rotatable bonds is 5. The summed E-state index contributed by atoms with van der Waals surface area (Å²) in [5.41, 5.74) is 13.4. The smallest absolute Gasteiger partial charge is 0.185 e. The van der Waals surface area contributed by atoms with E-state index < -0.39 is 0 Å². The molecule has 0 amide bonds. The molecule has 0 aliphatic heterocycles. The van der Waals surface area contributed by atoms with E-state index in [1.165, 1.54) is 11.1 Å². The molecule has 0 unspecified atom stereocenters. The van der Waals surface area contributed by atoms with Gasteiger partial charge in [0.15, 0.2) is 5.96 Å². The zero-order valence-corrected chi connectivity index (χ0v) is 10.9. The van der Waals surface area contributed by atoms with Crippen molar-refractivity contribution in [3.05, 3.63) is 71.8 Å². The zero-order chi connectivity index (χ0) is 13.5. The van der Waals surface area contributed by atoms with Crippen LogP contribution in [0.2, 0.25) is 0 Å². The van der Waals surface area contributed by atoms with Crippen LogP contribution in [0.25, 0.3) is 0 Å². The van der Waals surface area contributed by atoms with Crippen molar-refractivity contribution in [2.24, 2.45) is 16.5 Å². The predicted molar refractivity (Wildman–Crippen MR) is 80.0 cm³/mol. The SMILES string of the molecule is NC(N)=NC[C@H](Cc1ccccc1)c1ccccc1. The summed E-state index contributed by atoms with van der Waals surface area (Å²) in [6.45, 7) is 0.612. The molecule has 2 aromatic carbocycles. The van der Waals surface area contributed by atoms with Crippen molar-refractivity contribution in [3.8, 4) is 0 Å². The Morgan fingerprint density at radius 3 is 2.05 bits per heavy atom. The van der Waals surface area contributed by atoms with E-state index in [0.717, 1.165) is 6.42 Å². The van der Waals surface area contributed by atoms with Crippen molar-refractivity contribution in [2.75, 3.05) is 6.54 Å². The summed E-state index contributed by atoms with van der Waals surface area (Å²) in [5, 5.41) is 0. The Morgan fingerprint density at radius 1 is 0.895 bits per heavy atom. The van der Waals surface area contributed by atoms with Gasteiger partial charge in [0.2, 0.25) is 0 Å². The third-order valence-corrected chi connectivity index (χ3v) is 3.09. The molecule has 0 bridgehead atoms. The van der Waals surface area contributed by atoms with Gasteiger partial charge in [-0.2, -0.15) is 0 Å². The highest BCUT2D eigenvalue weighted by atomic mass is 15.0. The van der Waals surface area contributed by atoms with E-state index in [0.29, 0.717) is 12.5 Å². The molecule has 4 N–H and O–H groups in total. The second-order valence-electron chi connectivity index (χ2n) is 4.56. The first kappa shape index (κ1) is 13.1. The highest BCUT2D eigenvalue weighted by Crippen LogP contribution is 2.21. The number of hydrogen-bond donors (Lipinski definition) is 2. The first-order valence-corrected chi connectivity index (χ1v) is 6.40. The second-order valence-corrected chi connectivity index (χ2v) is 4.56. The van der Waals surface area contributed by atoms with Crippen LogP contribution in [-0.2, 0) is 6.42 Å². The van der Waals surface area contributed by atoms with Gasteiger partial charge in [-0.1, -0.05) is 60.7 Å². The summed E-state index contributed by atoms with van der Waals surface area (Å²) in [5.74, 6) is 0.444. The first-order chi connectivity index (χ1) is 9.25. The molecule has 0 radical (unpaired) electrons. The first-order valence-electron chi connectivity index (χ1n) is 6.40. The maximum absolute atomic E-state index is 5.44. The van der Waals surface area contributed by atoms with Gasteiger partial charge in [-0.15, -0.1) is 0 Å². The number of nitrogens with zero attached hydrogens (tertiary/aromatic N) is 1. The minimum atomic E-state index is 0.147. The van der Waals surface area contributed by atoms with Crippen LogP contribution in [-0.4, -0.2) is 12.5 Å². The minimum absolute atomic E-state index is 0.147. The largest absolute Gasteiger partial charge is 0.370 e. The van der Waals surface area contributed by atoms with Gasteiger partial charge >= 0.3 is 0 Å². The van der Waals surface area contributed by atoms with Crippen LogP contribution >= 0.6 is 0 Å². The van der Waals surface area contributed by atoms with E-state index >= 15 is 0 Å². The van der Waals surface area contributed by atoms with Crippen molar-refractivity contribution in [2.45, 2.75) is 12.3 Å². The molecule has 0 heterocycles. The molecular formula is C16H19N3. The highest BCUT2D eigenvalue weighted by molar-refractivity contribution is 5.75. The van der Waals surface area contributed by atoms with Crippen LogP contribution in [0.3, 0.4) is 0 Å². The summed E-state index contributed by atoms with van der Waals surface area (Å²) in [6.07, 6.45) is 0.932. The maximum atomic E-state index is 5.44. The topological polar surface area (TPSA) is 64.4 Å². The van der Waals surface area contributed by atoms with E-state index in [-0.39, 0.29) is 5.96 Å². The van der Waals surface area contributed by atoms with Crippen LogP contribution in [0.15, 0.2) is 65.7 Å². The third-order valence-electron chi connectivity index (χ3n) is 3.09. The van der Waals surface area contributed by atoms with Crippen LogP contribution in [0, 0.1) is 0 Å². The molecule has 3 heteroatoms. The van der Waals surface area contributed by atoms with Crippen molar-refractivity contribution >= 4 is 5.96 Å². The maximum Gasteiger partial charge on any atom is 0.185 e. The summed E-state index contributed by atoms with van der Waals surface area (Å²) in [4.78, 5) is 4.17. The Hall–Kier alpha value is -2.29. The van der Waals surface area contributed by atoms with Gasteiger partial charge in [-0.05, 0) is 17.5 Å². The second kappa shape index (κ2) is 6.59. The van der Waals surface area contributed by atoms with E-state index in [9.17, 15) is 0 Å². The van der Waals surface area contributed by atoms with E-state index in [2.05, 4.69) is 41.4 Å². The molecule has 0 aromatic heterocycles. The quantitative estimate of drug-likeness (QED) is 0.634. The number of hydrogen-bond acceptors (Lipinski definition) is 1. The Bertz CT molecular complexity index is 516. The van der Waals surface area contributed by atoms with Gasteiger partial charge in [-0.3, -0.25) is 4.99 Å². The highest BCUT2D eigenvalue weighted by Gasteiger charge is 2.11. The van der Waals surface area contributed by atoms with Gasteiger partial charge in [0, 0.05) is 12.5 Å². The van der Waals surface area contributed by atoms with Crippen LogP contribution < -0.4 is 11.5 Å². The zero-order valence-electron chi connectivity index (χ0n) is 10.9. The minimum Gasteiger partial charge on any atom is -0.370 e. The molecule has 19 heavy (non-hydrogen) atoms. The molecule has 2 rings (SSSR count). The Kier molecular flexibility index (Phi) is 4.56. The lowest BCUT2D eigenvalue weighted by molar-refractivity contribution is 0.694. The monoisotopic (exact) mass is 253 g/mol. The standard InChI is InChI=1S/C16H19N3/c17-16(18)19-12-15(14-9-5-2-6-10-14)11-13-7-3-1-4-8-13/h1-10,15H,11-12H2,(H4,17,18,19)/t15-/m0/s1. The van der Waals surface area contributed by atoms with Gasteiger partial charge in [0.05, 0.1) is 0 Å². The predicted octanol–water partition coefficient (Wildman–Crippen LogP) is 2.29. The molecule has 3 nitrogen and oxygen atoms in total. The van der Waals surface area contributed by atoms with Gasteiger partial charge < -0.3 is 11.5 Å². The average molecular weight is 253 g/mol. The molecule has 0 saturated heterocycles. The number of benzene rings is 2. The lowest BCUT2D eigenvalue weighted by Gasteiger charge is -2.15. The van der Waals surface area contributed by atoms with Gasteiger partial charge in [-0.25, -0.2) is 0 Å². The fourth-order valence-electron chi connectivity index (χ4n) is 2.13. The number of nitrogens with two attached hydrogens (primary N) is 2. The Labute approximate surface area is 114 Å². The van der Waals surface area contributed by atoms with E-state index in [1.54, 1.807) is 0 Å². The van der Waals surface area contributed by atoms with Crippen molar-refractivity contribution in [3.63, 3.8) is 0 Å². The van der Waals surface area contributed by atoms with Crippen LogP contribution in [0.5, 0.6) is 0 Å². The summed E-state index contributed by atoms with van der Waals surface area (Å²) < 4.78 is 0. The van der Waals surface area contributed by atoms with Crippen LogP contribution in [0.1, 0.15) is 17.0 Å². The molecule has 0 saturated carbocycles. The fourth-order valence-corrected chi connectivity index (χ4v) is 2.13. The molecule has 98 valence electrons. The fraction of sp³-hybridized carbons (Fsp3) is 0.188. The molecule has 0 fully saturated rings. The van der Waals surface area contributed by atoms with Crippen molar-refractivity contribution in [1.82, 2.24) is 0 Å². The van der Waals surface area contributed by atoms with Crippen LogP contribution in [0.4, 0.5) is 0 Å². The molecular weight excluding hydrogens is 234 g/mol. The Morgan fingerprint density at radius 2 is 1.47 bits per heavy atom. The number of aliphatic imine (C=N–C) groups is 1. The number of guanidine groups is 1. The van der Waals surface area contributed by atoms with E-state index in [1.807, 2.05) is 24.3 Å². The Balaban J connectivity index is 2.17. The van der Waals surface area contributed by atoms with Gasteiger partial charge in [0.25, 0.3) is 0 Å². The summed E-state index contributed by atoms with van der Waals surface area (Å²) in [7, 11) is 0. The molecule has 2 aromatic rings. The van der Waals surface area contributed by atoms with E-state index in [4.69, 9.17) is 11.5 Å². The normalized spacial score (nSPS) is 11.8. The average Bonchev–Trinajstić information content (AvgIpc) is 2.45. The molecule has 0 aliphatic rings. The van der Waals surface area contributed by atoms with Crippen molar-refractivity contribution < 1.29 is 0 Å². The van der Waals surface area contributed by atoms with Gasteiger partial charge in [0.1, 0.15) is 0 Å². The summed E-state index contributed by atoms with van der Waals surface area (Å²) in [6, 6.07) is 20.7. The lowest BCUT2D eigenvalue weighted by Crippen LogP contribution is -2.24.